The van der Waals surface area contributed by atoms with Crippen LogP contribution in [0.3, 0.4) is 0 Å². The van der Waals surface area contributed by atoms with Crippen LogP contribution in [0.4, 0.5) is 23.2 Å². The van der Waals surface area contributed by atoms with Gasteiger partial charge in [-0.2, -0.15) is 13.2 Å². The van der Waals surface area contributed by atoms with Crippen LogP contribution in [-0.4, -0.2) is 29.9 Å². The fourth-order valence-electron chi connectivity index (χ4n) is 3.59. The van der Waals surface area contributed by atoms with Crippen molar-refractivity contribution in [2.75, 3.05) is 5.32 Å². The van der Waals surface area contributed by atoms with E-state index in [-0.39, 0.29) is 27.9 Å². The van der Waals surface area contributed by atoms with Gasteiger partial charge in [0.1, 0.15) is 11.6 Å². The van der Waals surface area contributed by atoms with Crippen LogP contribution >= 0.6 is 0 Å². The fourth-order valence-corrected chi connectivity index (χ4v) is 4.44. The Kier molecular flexibility index (Phi) is 6.45. The van der Waals surface area contributed by atoms with E-state index in [0.717, 1.165) is 18.2 Å². The minimum Gasteiger partial charge on any atom is -0.506 e. The van der Waals surface area contributed by atoms with E-state index in [1.807, 2.05) is 0 Å². The van der Waals surface area contributed by atoms with Crippen LogP contribution in [-0.2, 0) is 9.84 Å². The number of aromatic hydroxyl groups is 1. The molecule has 0 bridgehead atoms. The summed E-state index contributed by atoms with van der Waals surface area (Å²) in [6.45, 7) is 6.03. The average Bonchev–Trinajstić information content (AvgIpc) is 2.72. The van der Waals surface area contributed by atoms with Crippen molar-refractivity contribution in [3.63, 3.8) is 0 Å². The van der Waals surface area contributed by atoms with Gasteiger partial charge in [0.15, 0.2) is 0 Å². The first-order valence-electron chi connectivity index (χ1n) is 9.83. The Bertz CT molecular complexity index is 1400. The van der Waals surface area contributed by atoms with Gasteiger partial charge >= 0.3 is 5.51 Å². The molecule has 34 heavy (non-hydrogen) atoms. The molecule has 0 atom stereocenters. The smallest absolute Gasteiger partial charge is 0.501 e. The second-order valence-corrected chi connectivity index (χ2v) is 9.72. The summed E-state index contributed by atoms with van der Waals surface area (Å²) in [5, 5.41) is 13.3. The average molecular weight is 496 g/mol. The van der Waals surface area contributed by atoms with E-state index in [4.69, 9.17) is 0 Å². The van der Waals surface area contributed by atoms with Crippen molar-refractivity contribution in [1.29, 1.82) is 0 Å². The van der Waals surface area contributed by atoms with E-state index in [1.165, 1.54) is 26.2 Å². The Morgan fingerprint density at radius 1 is 1.00 bits per heavy atom. The van der Waals surface area contributed by atoms with Crippen LogP contribution in [0.5, 0.6) is 5.75 Å². The van der Waals surface area contributed by atoms with Gasteiger partial charge in [-0.15, -0.1) is 0 Å². The van der Waals surface area contributed by atoms with Gasteiger partial charge in [0.2, 0.25) is 0 Å². The monoisotopic (exact) mass is 496 g/mol. The molecule has 11 heteroatoms. The van der Waals surface area contributed by atoms with Crippen LogP contribution in [0.2, 0.25) is 0 Å². The van der Waals surface area contributed by atoms with Gasteiger partial charge in [0.05, 0.1) is 10.5 Å². The highest BCUT2D eigenvalue weighted by Crippen LogP contribution is 2.39. The first-order chi connectivity index (χ1) is 15.7. The second kappa shape index (κ2) is 8.71. The number of amides is 1. The number of aryl methyl sites for hydroxylation is 3. The fraction of sp³-hybridized carbons (Fsp3) is 0.217. The molecule has 1 aromatic heterocycles. The molecule has 180 valence electrons. The van der Waals surface area contributed by atoms with Crippen molar-refractivity contribution in [3.05, 3.63) is 70.3 Å². The van der Waals surface area contributed by atoms with Crippen molar-refractivity contribution in [1.82, 2.24) is 4.98 Å². The van der Waals surface area contributed by atoms with Gasteiger partial charge < -0.3 is 10.4 Å². The quantitative estimate of drug-likeness (QED) is 0.474. The molecular weight excluding hydrogens is 476 g/mol. The lowest BCUT2D eigenvalue weighted by molar-refractivity contribution is -0.0436. The number of hydrogen-bond donors (Lipinski definition) is 2. The molecule has 6 nitrogen and oxygen atoms in total. The first kappa shape index (κ1) is 25.2. The minimum absolute atomic E-state index is 0.00740. The number of phenols is 1. The van der Waals surface area contributed by atoms with Gasteiger partial charge in [-0.3, -0.25) is 9.78 Å². The van der Waals surface area contributed by atoms with Gasteiger partial charge in [0, 0.05) is 29.2 Å². The molecule has 0 fully saturated rings. The van der Waals surface area contributed by atoms with E-state index in [9.17, 15) is 35.9 Å². The third kappa shape index (κ3) is 4.35. The van der Waals surface area contributed by atoms with Crippen molar-refractivity contribution < 1.29 is 35.9 Å². The number of sulfone groups is 1. The number of aromatic nitrogens is 1. The van der Waals surface area contributed by atoms with E-state index in [0.29, 0.717) is 22.8 Å². The largest absolute Gasteiger partial charge is 0.506 e. The van der Waals surface area contributed by atoms with E-state index < -0.39 is 37.7 Å². The van der Waals surface area contributed by atoms with Crippen molar-refractivity contribution in [2.45, 2.75) is 38.1 Å². The molecule has 1 amide bonds. The summed E-state index contributed by atoms with van der Waals surface area (Å²) in [5.41, 5.74) is -4.11. The minimum atomic E-state index is -5.57. The molecule has 2 aromatic carbocycles. The highest BCUT2D eigenvalue weighted by Gasteiger charge is 2.46. The predicted molar refractivity (Wildman–Crippen MR) is 118 cm³/mol. The SMILES string of the molecule is Cc1cc(S(=O)(=O)C(F)(F)F)ccc1NC(=O)c1c(C)c(F)cc(-c2c(C)cncc2C)c1O. The van der Waals surface area contributed by atoms with E-state index in [1.54, 1.807) is 13.8 Å². The van der Waals surface area contributed by atoms with E-state index >= 15 is 0 Å². The molecule has 0 saturated carbocycles. The summed E-state index contributed by atoms with van der Waals surface area (Å²) < 4.78 is 76.5. The number of rotatable bonds is 4. The van der Waals surface area contributed by atoms with Crippen molar-refractivity contribution >= 4 is 21.4 Å². The van der Waals surface area contributed by atoms with Gasteiger partial charge in [-0.25, -0.2) is 12.8 Å². The summed E-state index contributed by atoms with van der Waals surface area (Å²) in [5.74, 6) is -2.16. The maximum Gasteiger partial charge on any atom is 0.501 e. The Morgan fingerprint density at radius 2 is 1.59 bits per heavy atom. The zero-order chi connectivity index (χ0) is 25.6. The Balaban J connectivity index is 2.06. The number of carbonyl (C=O) groups is 1. The van der Waals surface area contributed by atoms with Gasteiger partial charge in [0.25, 0.3) is 15.7 Å². The zero-order valence-corrected chi connectivity index (χ0v) is 19.3. The standard InChI is InChI=1S/C23H20F4N2O4S/c1-11-7-15(34(32,33)23(25,26)27)5-6-18(11)29-22(31)20-14(4)17(24)8-16(21(20)30)19-12(2)9-28-10-13(19)3/h5-10,30H,1-4H3,(H,29,31). The molecule has 0 radical (unpaired) electrons. The predicted octanol–water partition coefficient (Wildman–Crippen LogP) is 5.37. The Morgan fingerprint density at radius 3 is 2.12 bits per heavy atom. The maximum absolute atomic E-state index is 14.8. The molecule has 3 rings (SSSR count). The molecule has 1 heterocycles. The van der Waals surface area contributed by atoms with Crippen LogP contribution < -0.4 is 5.32 Å². The molecular formula is C23H20F4N2O4S. The molecule has 0 unspecified atom stereocenters. The number of anilines is 1. The first-order valence-corrected chi connectivity index (χ1v) is 11.3. The molecule has 0 aliphatic carbocycles. The number of alkyl halides is 3. The third-order valence-electron chi connectivity index (χ3n) is 5.38. The van der Waals surface area contributed by atoms with Crippen LogP contribution in [0, 0.1) is 33.5 Å². The molecule has 2 N–H and O–H groups in total. The molecule has 0 saturated heterocycles. The summed E-state index contributed by atoms with van der Waals surface area (Å²) >= 11 is 0. The number of nitrogens with one attached hydrogen (secondary N) is 1. The number of pyridine rings is 1. The van der Waals surface area contributed by atoms with Crippen molar-refractivity contribution in [3.8, 4) is 16.9 Å². The maximum atomic E-state index is 14.8. The number of halogens is 4. The molecule has 0 aliphatic heterocycles. The molecule has 3 aromatic rings. The summed E-state index contributed by atoms with van der Waals surface area (Å²) in [4.78, 5) is 16.1. The number of phenolic OH excluding ortho intramolecular Hbond substituents is 1. The summed E-state index contributed by atoms with van der Waals surface area (Å²) in [7, 11) is -5.57. The highest BCUT2D eigenvalue weighted by molar-refractivity contribution is 7.92. The number of hydrogen-bond acceptors (Lipinski definition) is 5. The van der Waals surface area contributed by atoms with Crippen LogP contribution in [0.25, 0.3) is 11.1 Å². The summed E-state index contributed by atoms with van der Waals surface area (Å²) in [6.07, 6.45) is 3.05. The van der Waals surface area contributed by atoms with Crippen molar-refractivity contribution in [2.24, 2.45) is 0 Å². The van der Waals surface area contributed by atoms with Gasteiger partial charge in [-0.05, 0) is 74.2 Å². The van der Waals surface area contributed by atoms with Crippen LogP contribution in [0.15, 0.2) is 41.6 Å². The topological polar surface area (TPSA) is 96.4 Å². The normalized spacial score (nSPS) is 12.0. The number of nitrogens with zero attached hydrogens (tertiary/aromatic N) is 1. The highest BCUT2D eigenvalue weighted by atomic mass is 32.2. The van der Waals surface area contributed by atoms with E-state index in [2.05, 4.69) is 10.3 Å². The lowest BCUT2D eigenvalue weighted by Gasteiger charge is -2.17. The summed E-state index contributed by atoms with van der Waals surface area (Å²) in [6, 6.07) is 3.58. The van der Waals surface area contributed by atoms with Gasteiger partial charge in [-0.1, -0.05) is 0 Å². The Hall–Kier alpha value is -3.47. The molecule has 0 aliphatic rings. The lowest BCUT2D eigenvalue weighted by atomic mass is 9.92. The molecule has 0 spiro atoms. The van der Waals surface area contributed by atoms with Crippen LogP contribution in [0.1, 0.15) is 32.6 Å². The second-order valence-electron chi connectivity index (χ2n) is 7.78. The number of benzene rings is 2. The Labute approximate surface area is 193 Å². The zero-order valence-electron chi connectivity index (χ0n) is 18.5. The lowest BCUT2D eigenvalue weighted by Crippen LogP contribution is -2.23. The number of carbonyl (C=O) groups excluding carboxylic acids is 1. The third-order valence-corrected chi connectivity index (χ3v) is 6.86.